The first-order valence-corrected chi connectivity index (χ1v) is 7.32. The molecule has 2 fully saturated rings. The molecule has 0 spiro atoms. The van der Waals surface area contributed by atoms with Gasteiger partial charge in [-0.05, 0) is 36.8 Å². The third kappa shape index (κ3) is 2.58. The van der Waals surface area contributed by atoms with Crippen LogP contribution in [0.2, 0.25) is 0 Å². The minimum absolute atomic E-state index is 0.663. The standard InChI is InChI=1S/C15H18N4O/c1-2-11(1)8-19-9-12(10-19)7-14-17-15(18-20-14)13-3-5-16-6-4-13/h3-6,11-12H,1-2,7-10H2. The maximum Gasteiger partial charge on any atom is 0.227 e. The molecular weight excluding hydrogens is 252 g/mol. The summed E-state index contributed by atoms with van der Waals surface area (Å²) in [7, 11) is 0. The molecule has 4 rings (SSSR count). The molecule has 0 amide bonds. The van der Waals surface area contributed by atoms with E-state index in [9.17, 15) is 0 Å². The molecule has 2 aromatic rings. The predicted octanol–water partition coefficient (Wildman–Crippen LogP) is 2.02. The van der Waals surface area contributed by atoms with Crippen LogP contribution in [-0.4, -0.2) is 39.7 Å². The van der Waals surface area contributed by atoms with Gasteiger partial charge >= 0.3 is 0 Å². The molecule has 3 heterocycles. The Morgan fingerprint density at radius 2 is 1.95 bits per heavy atom. The molecule has 0 bridgehead atoms. The van der Waals surface area contributed by atoms with Gasteiger partial charge in [-0.3, -0.25) is 4.98 Å². The molecule has 1 aliphatic carbocycles. The fourth-order valence-electron chi connectivity index (χ4n) is 2.82. The lowest BCUT2D eigenvalue weighted by atomic mass is 9.96. The van der Waals surface area contributed by atoms with Gasteiger partial charge in [0.2, 0.25) is 11.7 Å². The van der Waals surface area contributed by atoms with Crippen LogP contribution in [0.15, 0.2) is 29.0 Å². The van der Waals surface area contributed by atoms with E-state index in [1.165, 1.54) is 32.5 Å². The molecule has 104 valence electrons. The van der Waals surface area contributed by atoms with E-state index in [0.29, 0.717) is 11.7 Å². The summed E-state index contributed by atoms with van der Waals surface area (Å²) < 4.78 is 5.35. The Hall–Kier alpha value is -1.75. The molecule has 20 heavy (non-hydrogen) atoms. The van der Waals surface area contributed by atoms with Crippen molar-refractivity contribution in [2.24, 2.45) is 11.8 Å². The van der Waals surface area contributed by atoms with E-state index in [-0.39, 0.29) is 0 Å². The minimum atomic E-state index is 0.663. The van der Waals surface area contributed by atoms with Gasteiger partial charge in [0.25, 0.3) is 0 Å². The van der Waals surface area contributed by atoms with Crippen molar-refractivity contribution in [3.63, 3.8) is 0 Å². The highest BCUT2D eigenvalue weighted by Crippen LogP contribution is 2.32. The highest BCUT2D eigenvalue weighted by atomic mass is 16.5. The summed E-state index contributed by atoms with van der Waals surface area (Å²) in [4.78, 5) is 11.0. The average molecular weight is 270 g/mol. The van der Waals surface area contributed by atoms with E-state index in [0.717, 1.165) is 23.8 Å². The Bertz CT molecular complexity index is 573. The fraction of sp³-hybridized carbons (Fsp3) is 0.533. The lowest BCUT2D eigenvalue weighted by molar-refractivity contribution is 0.0893. The van der Waals surface area contributed by atoms with Crippen LogP contribution in [0.1, 0.15) is 18.7 Å². The normalized spacial score (nSPS) is 20.0. The zero-order valence-electron chi connectivity index (χ0n) is 11.4. The predicted molar refractivity (Wildman–Crippen MR) is 73.9 cm³/mol. The Labute approximate surface area is 118 Å². The Balaban J connectivity index is 1.33. The number of hydrogen-bond donors (Lipinski definition) is 0. The van der Waals surface area contributed by atoms with Crippen LogP contribution in [-0.2, 0) is 6.42 Å². The first-order chi connectivity index (χ1) is 9.87. The third-order valence-corrected chi connectivity index (χ3v) is 4.12. The highest BCUT2D eigenvalue weighted by molar-refractivity contribution is 5.52. The largest absolute Gasteiger partial charge is 0.339 e. The van der Waals surface area contributed by atoms with Gasteiger partial charge in [0.15, 0.2) is 0 Å². The number of aromatic nitrogens is 3. The zero-order chi connectivity index (χ0) is 13.4. The summed E-state index contributed by atoms with van der Waals surface area (Å²) in [5, 5.41) is 4.05. The molecule has 0 aromatic carbocycles. The average Bonchev–Trinajstić information content (AvgIpc) is 3.13. The molecule has 5 heteroatoms. The van der Waals surface area contributed by atoms with Crippen molar-refractivity contribution in [2.45, 2.75) is 19.3 Å². The molecule has 5 nitrogen and oxygen atoms in total. The maximum atomic E-state index is 5.35. The van der Waals surface area contributed by atoms with E-state index in [1.807, 2.05) is 12.1 Å². The van der Waals surface area contributed by atoms with Crippen LogP contribution in [0.5, 0.6) is 0 Å². The molecule has 0 radical (unpaired) electrons. The summed E-state index contributed by atoms with van der Waals surface area (Å²) >= 11 is 0. The van der Waals surface area contributed by atoms with Crippen molar-refractivity contribution in [1.29, 1.82) is 0 Å². The van der Waals surface area contributed by atoms with E-state index in [1.54, 1.807) is 12.4 Å². The second kappa shape index (κ2) is 4.98. The van der Waals surface area contributed by atoms with Crippen LogP contribution in [0.3, 0.4) is 0 Å². The molecule has 1 saturated heterocycles. The van der Waals surface area contributed by atoms with Gasteiger partial charge in [-0.25, -0.2) is 0 Å². The second-order valence-corrected chi connectivity index (χ2v) is 5.98. The van der Waals surface area contributed by atoms with E-state index < -0.39 is 0 Å². The van der Waals surface area contributed by atoms with Gasteiger partial charge in [0, 0.05) is 44.0 Å². The number of rotatable bonds is 5. The van der Waals surface area contributed by atoms with Crippen LogP contribution in [0, 0.1) is 11.8 Å². The lowest BCUT2D eigenvalue weighted by Gasteiger charge is -2.38. The van der Waals surface area contributed by atoms with Crippen LogP contribution in [0.25, 0.3) is 11.4 Å². The van der Waals surface area contributed by atoms with Crippen molar-refractivity contribution >= 4 is 0 Å². The van der Waals surface area contributed by atoms with E-state index in [4.69, 9.17) is 4.52 Å². The first kappa shape index (κ1) is 12.0. The number of likely N-dealkylation sites (tertiary alicyclic amines) is 1. The van der Waals surface area contributed by atoms with Crippen LogP contribution < -0.4 is 0 Å². The molecule has 1 saturated carbocycles. The summed E-state index contributed by atoms with van der Waals surface area (Å²) in [6.45, 7) is 3.66. The molecule has 0 atom stereocenters. The lowest BCUT2D eigenvalue weighted by Crippen LogP contribution is -2.48. The zero-order valence-corrected chi connectivity index (χ0v) is 11.4. The van der Waals surface area contributed by atoms with Gasteiger partial charge in [-0.1, -0.05) is 5.16 Å². The summed E-state index contributed by atoms with van der Waals surface area (Å²) in [5.74, 6) is 3.08. The van der Waals surface area contributed by atoms with Crippen LogP contribution in [0.4, 0.5) is 0 Å². The summed E-state index contributed by atoms with van der Waals surface area (Å²) in [6, 6.07) is 3.80. The van der Waals surface area contributed by atoms with Gasteiger partial charge in [0.05, 0.1) is 0 Å². The topological polar surface area (TPSA) is 55.1 Å². The third-order valence-electron chi connectivity index (χ3n) is 4.12. The molecule has 1 aliphatic heterocycles. The van der Waals surface area contributed by atoms with E-state index in [2.05, 4.69) is 20.0 Å². The Morgan fingerprint density at radius 3 is 2.70 bits per heavy atom. The minimum Gasteiger partial charge on any atom is -0.339 e. The fourth-order valence-corrected chi connectivity index (χ4v) is 2.82. The van der Waals surface area contributed by atoms with Crippen molar-refractivity contribution in [2.75, 3.05) is 19.6 Å². The number of nitrogens with zero attached hydrogens (tertiary/aromatic N) is 4. The SMILES string of the molecule is c1cc(-c2noc(CC3CN(CC4CC4)C3)n2)ccn1. The molecule has 2 aliphatic rings. The Kier molecular flexibility index (Phi) is 2.99. The maximum absolute atomic E-state index is 5.35. The summed E-state index contributed by atoms with van der Waals surface area (Å²) in [5.41, 5.74) is 0.957. The van der Waals surface area contributed by atoms with Gasteiger partial charge in [-0.2, -0.15) is 4.98 Å². The molecule has 2 aromatic heterocycles. The van der Waals surface area contributed by atoms with Crippen molar-refractivity contribution in [3.8, 4) is 11.4 Å². The molecule has 0 N–H and O–H groups in total. The quantitative estimate of drug-likeness (QED) is 0.832. The Morgan fingerprint density at radius 1 is 1.15 bits per heavy atom. The van der Waals surface area contributed by atoms with Gasteiger partial charge < -0.3 is 9.42 Å². The highest BCUT2D eigenvalue weighted by Gasteiger charge is 2.33. The monoisotopic (exact) mass is 270 g/mol. The van der Waals surface area contributed by atoms with Gasteiger partial charge in [-0.15, -0.1) is 0 Å². The van der Waals surface area contributed by atoms with Crippen molar-refractivity contribution in [3.05, 3.63) is 30.4 Å². The molecule has 0 unspecified atom stereocenters. The van der Waals surface area contributed by atoms with Crippen molar-refractivity contribution in [1.82, 2.24) is 20.0 Å². The van der Waals surface area contributed by atoms with Gasteiger partial charge in [0.1, 0.15) is 0 Å². The summed E-state index contributed by atoms with van der Waals surface area (Å²) in [6.07, 6.45) is 7.25. The number of hydrogen-bond acceptors (Lipinski definition) is 5. The van der Waals surface area contributed by atoms with Crippen LogP contribution >= 0.6 is 0 Å². The molecular formula is C15H18N4O. The van der Waals surface area contributed by atoms with Crippen molar-refractivity contribution < 1.29 is 4.52 Å². The number of pyridine rings is 1. The first-order valence-electron chi connectivity index (χ1n) is 7.32. The second-order valence-electron chi connectivity index (χ2n) is 5.98. The smallest absolute Gasteiger partial charge is 0.227 e. The van der Waals surface area contributed by atoms with E-state index >= 15 is 0 Å².